The molecule has 1 amide bonds. The van der Waals surface area contributed by atoms with Crippen molar-refractivity contribution in [1.29, 1.82) is 0 Å². The van der Waals surface area contributed by atoms with Gasteiger partial charge in [-0.05, 0) is 31.2 Å². The number of fused-ring (bicyclic) bond motifs is 1. The molecule has 0 saturated heterocycles. The van der Waals surface area contributed by atoms with Crippen LogP contribution in [0.4, 0.5) is 8.78 Å². The minimum absolute atomic E-state index is 0.0423. The summed E-state index contributed by atoms with van der Waals surface area (Å²) < 4.78 is 39.3. The molecule has 0 fully saturated rings. The van der Waals surface area contributed by atoms with E-state index < -0.39 is 23.5 Å². The summed E-state index contributed by atoms with van der Waals surface area (Å²) in [6.07, 6.45) is 1.67. The maximum absolute atomic E-state index is 13.8. The van der Waals surface area contributed by atoms with Crippen molar-refractivity contribution < 1.29 is 27.8 Å². The number of rotatable bonds is 7. The van der Waals surface area contributed by atoms with Crippen LogP contribution in [-0.2, 0) is 16.1 Å². The number of aryl methyl sites for hydroxylation is 1. The van der Waals surface area contributed by atoms with Gasteiger partial charge in [0.15, 0.2) is 11.4 Å². The van der Waals surface area contributed by atoms with Gasteiger partial charge in [0.05, 0.1) is 24.8 Å². The molecule has 0 spiro atoms. The van der Waals surface area contributed by atoms with E-state index in [1.165, 1.54) is 17.6 Å². The first-order chi connectivity index (χ1) is 13.9. The van der Waals surface area contributed by atoms with Gasteiger partial charge in [0.2, 0.25) is 0 Å². The van der Waals surface area contributed by atoms with Gasteiger partial charge in [-0.15, -0.1) is 0 Å². The number of methoxy groups -OCH3 is 1. The Balaban J connectivity index is 1.82. The molecule has 0 aliphatic rings. The third-order valence-corrected chi connectivity index (χ3v) is 4.28. The Labute approximate surface area is 165 Å². The second-order valence-corrected chi connectivity index (χ2v) is 6.18. The molecule has 7 nitrogen and oxygen atoms in total. The molecule has 0 atom stereocenters. The number of nitrogens with one attached hydrogen (secondary N) is 1. The van der Waals surface area contributed by atoms with Crippen LogP contribution in [0.1, 0.15) is 28.2 Å². The van der Waals surface area contributed by atoms with Crippen molar-refractivity contribution in [2.45, 2.75) is 20.0 Å². The fraction of sp³-hybridized carbons (Fsp3) is 0.250. The Bertz CT molecular complexity index is 1050. The van der Waals surface area contributed by atoms with E-state index in [2.05, 4.69) is 15.0 Å². The molecule has 0 saturated carbocycles. The first-order valence-corrected chi connectivity index (χ1v) is 8.80. The van der Waals surface area contributed by atoms with E-state index in [1.807, 2.05) is 0 Å². The molecular weight excluding hydrogens is 384 g/mol. The number of nitrogens with zero attached hydrogens (tertiary/aromatic N) is 2. The average molecular weight is 403 g/mol. The summed E-state index contributed by atoms with van der Waals surface area (Å²) in [5, 5.41) is 2.63. The van der Waals surface area contributed by atoms with Crippen molar-refractivity contribution >= 4 is 17.5 Å². The highest BCUT2D eigenvalue weighted by Gasteiger charge is 2.19. The maximum Gasteiger partial charge on any atom is 0.307 e. The summed E-state index contributed by atoms with van der Waals surface area (Å²) in [4.78, 5) is 28.1. The molecule has 29 heavy (non-hydrogen) atoms. The molecule has 3 aromatic rings. The van der Waals surface area contributed by atoms with E-state index in [1.54, 1.807) is 25.3 Å². The highest BCUT2D eigenvalue weighted by molar-refractivity contribution is 5.95. The molecular formula is C20H19F2N3O4. The molecule has 1 N–H and O–H groups in total. The van der Waals surface area contributed by atoms with E-state index in [0.29, 0.717) is 11.3 Å². The maximum atomic E-state index is 13.8. The Morgan fingerprint density at radius 3 is 2.59 bits per heavy atom. The quantitative estimate of drug-likeness (QED) is 0.614. The monoisotopic (exact) mass is 403 g/mol. The Kier molecular flexibility index (Phi) is 6.06. The van der Waals surface area contributed by atoms with Crippen molar-refractivity contribution in [3.8, 4) is 5.75 Å². The van der Waals surface area contributed by atoms with Crippen LogP contribution in [0.5, 0.6) is 5.75 Å². The summed E-state index contributed by atoms with van der Waals surface area (Å²) >= 11 is 0. The number of hydrogen-bond acceptors (Lipinski definition) is 5. The predicted octanol–water partition coefficient (Wildman–Crippen LogP) is 2.79. The first kappa shape index (κ1) is 20.2. The zero-order chi connectivity index (χ0) is 21.0. The number of imidazole rings is 1. The molecule has 3 rings (SSSR count). The third-order valence-electron chi connectivity index (χ3n) is 4.28. The van der Waals surface area contributed by atoms with Gasteiger partial charge in [-0.2, -0.15) is 0 Å². The molecule has 1 aromatic carbocycles. The number of hydrogen-bond donors (Lipinski definition) is 1. The van der Waals surface area contributed by atoms with E-state index >= 15 is 0 Å². The van der Waals surface area contributed by atoms with Gasteiger partial charge >= 0.3 is 5.97 Å². The molecule has 0 bridgehead atoms. The topological polar surface area (TPSA) is 81.9 Å². The number of carbonyl (C=O) groups is 2. The summed E-state index contributed by atoms with van der Waals surface area (Å²) in [6.45, 7) is 1.44. The number of halogens is 2. The van der Waals surface area contributed by atoms with Crippen molar-refractivity contribution in [2.24, 2.45) is 0 Å². The Hall–Kier alpha value is -3.49. The second kappa shape index (κ2) is 8.68. The average Bonchev–Trinajstić information content (AvgIpc) is 3.04. The molecule has 2 heterocycles. The lowest BCUT2D eigenvalue weighted by Gasteiger charge is -2.10. The number of carbonyl (C=O) groups excluding carboxylic acids is 2. The van der Waals surface area contributed by atoms with Crippen LogP contribution in [0, 0.1) is 18.6 Å². The summed E-state index contributed by atoms with van der Waals surface area (Å²) in [6, 6.07) is 6.81. The SMILES string of the molecule is COC(=O)CCNC(=O)c1c(C)nc2c(OCc3c(F)cccc3F)cccn12. The number of ether oxygens (including phenoxy) is 2. The molecule has 0 unspecified atom stereocenters. The van der Waals surface area contributed by atoms with Gasteiger partial charge in [0, 0.05) is 12.7 Å². The zero-order valence-electron chi connectivity index (χ0n) is 15.9. The van der Waals surface area contributed by atoms with Crippen molar-refractivity contribution in [3.63, 3.8) is 0 Å². The van der Waals surface area contributed by atoms with Crippen LogP contribution < -0.4 is 10.1 Å². The van der Waals surface area contributed by atoms with Gasteiger partial charge in [0.1, 0.15) is 23.9 Å². The lowest BCUT2D eigenvalue weighted by atomic mass is 10.2. The molecule has 2 aromatic heterocycles. The van der Waals surface area contributed by atoms with Crippen molar-refractivity contribution in [3.05, 3.63) is 65.1 Å². The van der Waals surface area contributed by atoms with E-state index in [4.69, 9.17) is 4.74 Å². The van der Waals surface area contributed by atoms with Gasteiger partial charge in [-0.1, -0.05) is 6.07 Å². The number of amides is 1. The zero-order valence-corrected chi connectivity index (χ0v) is 15.9. The second-order valence-electron chi connectivity index (χ2n) is 6.18. The minimum Gasteiger partial charge on any atom is -0.485 e. The standard InChI is InChI=1S/C20H19F2N3O4/c1-12-18(20(27)23-9-8-17(26)28-2)25-10-4-7-16(19(25)24-12)29-11-13-14(21)5-3-6-15(13)22/h3-7,10H,8-9,11H2,1-2H3,(H,23,27). The third kappa shape index (κ3) is 4.34. The summed E-state index contributed by atoms with van der Waals surface area (Å²) in [7, 11) is 1.27. The van der Waals surface area contributed by atoms with Crippen LogP contribution >= 0.6 is 0 Å². The van der Waals surface area contributed by atoms with E-state index in [9.17, 15) is 18.4 Å². The first-order valence-electron chi connectivity index (χ1n) is 8.80. The Morgan fingerprint density at radius 2 is 1.90 bits per heavy atom. The van der Waals surface area contributed by atoms with E-state index in [0.717, 1.165) is 12.1 Å². The fourth-order valence-electron chi connectivity index (χ4n) is 2.83. The molecule has 0 aliphatic heterocycles. The fourth-order valence-corrected chi connectivity index (χ4v) is 2.83. The van der Waals surface area contributed by atoms with Gasteiger partial charge in [-0.25, -0.2) is 13.8 Å². The molecule has 9 heteroatoms. The normalized spacial score (nSPS) is 10.8. The van der Waals surface area contributed by atoms with Gasteiger partial charge in [0.25, 0.3) is 5.91 Å². The smallest absolute Gasteiger partial charge is 0.307 e. The number of esters is 1. The van der Waals surface area contributed by atoms with Crippen LogP contribution in [0.3, 0.4) is 0 Å². The van der Waals surface area contributed by atoms with Crippen LogP contribution in [-0.4, -0.2) is 34.9 Å². The van der Waals surface area contributed by atoms with Gasteiger partial charge < -0.3 is 14.8 Å². The van der Waals surface area contributed by atoms with Crippen LogP contribution in [0.25, 0.3) is 5.65 Å². The highest BCUT2D eigenvalue weighted by Crippen LogP contribution is 2.24. The lowest BCUT2D eigenvalue weighted by molar-refractivity contribution is -0.140. The largest absolute Gasteiger partial charge is 0.485 e. The van der Waals surface area contributed by atoms with Crippen molar-refractivity contribution in [1.82, 2.24) is 14.7 Å². The van der Waals surface area contributed by atoms with E-state index in [-0.39, 0.29) is 36.6 Å². The number of aromatic nitrogens is 2. The number of benzene rings is 1. The number of pyridine rings is 1. The van der Waals surface area contributed by atoms with Gasteiger partial charge in [-0.3, -0.25) is 14.0 Å². The summed E-state index contributed by atoms with van der Waals surface area (Å²) in [5.41, 5.74) is 0.847. The van der Waals surface area contributed by atoms with Crippen molar-refractivity contribution in [2.75, 3.05) is 13.7 Å². The molecule has 0 aliphatic carbocycles. The van der Waals surface area contributed by atoms with Crippen LogP contribution in [0.2, 0.25) is 0 Å². The summed E-state index contributed by atoms with van der Waals surface area (Å²) in [5.74, 6) is -2.00. The molecule has 0 radical (unpaired) electrons. The lowest BCUT2D eigenvalue weighted by Crippen LogP contribution is -2.28. The predicted molar refractivity (Wildman–Crippen MR) is 99.6 cm³/mol. The van der Waals surface area contributed by atoms with Crippen LogP contribution in [0.15, 0.2) is 36.5 Å². The Morgan fingerprint density at radius 1 is 1.17 bits per heavy atom. The highest BCUT2D eigenvalue weighted by atomic mass is 19.1. The minimum atomic E-state index is -0.706. The molecule has 152 valence electrons.